The summed E-state index contributed by atoms with van der Waals surface area (Å²) in [5.74, 6) is -1.49. The topological polar surface area (TPSA) is 86.8 Å². The Bertz CT molecular complexity index is 1400. The third-order valence-corrected chi connectivity index (χ3v) is 8.50. The molecule has 0 aliphatic heterocycles. The molecule has 1 atom stereocenters. The van der Waals surface area contributed by atoms with E-state index in [9.17, 15) is 22.4 Å². The summed E-state index contributed by atoms with van der Waals surface area (Å²) in [4.78, 5) is 27.8. The Morgan fingerprint density at radius 1 is 0.974 bits per heavy atom. The lowest BCUT2D eigenvalue weighted by Crippen LogP contribution is -2.51. The fourth-order valence-corrected chi connectivity index (χ4v) is 5.58. The molecule has 0 fully saturated rings. The second-order valence-electron chi connectivity index (χ2n) is 8.61. The zero-order valence-electron chi connectivity index (χ0n) is 21.1. The summed E-state index contributed by atoms with van der Waals surface area (Å²) in [6, 6.07) is 15.1. The van der Waals surface area contributed by atoms with Crippen molar-refractivity contribution in [2.75, 3.05) is 17.9 Å². The van der Waals surface area contributed by atoms with Crippen LogP contribution < -0.4 is 9.62 Å². The van der Waals surface area contributed by atoms with Crippen molar-refractivity contribution in [2.24, 2.45) is 0 Å². The number of benzene rings is 3. The number of hydrogen-bond acceptors (Lipinski definition) is 4. The SMILES string of the molecule is CC[C@@H](C(=O)NC)N(Cc1ccc(F)cc1)C(=O)CN(c1ccc(Cl)c(Cl)c1)S(=O)(=O)c1ccc(C)cc1. The van der Waals surface area contributed by atoms with Gasteiger partial charge in [0.15, 0.2) is 0 Å². The van der Waals surface area contributed by atoms with E-state index in [0.717, 1.165) is 9.87 Å². The van der Waals surface area contributed by atoms with Gasteiger partial charge in [-0.15, -0.1) is 0 Å². The molecule has 0 aliphatic carbocycles. The van der Waals surface area contributed by atoms with E-state index < -0.39 is 40.2 Å². The number of carbonyl (C=O) groups is 2. The van der Waals surface area contributed by atoms with Gasteiger partial charge >= 0.3 is 0 Å². The molecule has 0 bridgehead atoms. The quantitative estimate of drug-likeness (QED) is 0.358. The minimum atomic E-state index is -4.23. The van der Waals surface area contributed by atoms with Crippen molar-refractivity contribution < 1.29 is 22.4 Å². The minimum Gasteiger partial charge on any atom is -0.357 e. The number of carbonyl (C=O) groups excluding carboxylic acids is 2. The fraction of sp³-hybridized carbons (Fsp3) is 0.259. The largest absolute Gasteiger partial charge is 0.357 e. The number of nitrogens with zero attached hydrogens (tertiary/aromatic N) is 2. The lowest BCUT2D eigenvalue weighted by atomic mass is 10.1. The average molecular weight is 581 g/mol. The summed E-state index contributed by atoms with van der Waals surface area (Å²) in [7, 11) is -2.78. The number of rotatable bonds is 10. The van der Waals surface area contributed by atoms with Crippen LogP contribution in [0.1, 0.15) is 24.5 Å². The molecule has 0 heterocycles. The molecule has 3 aromatic carbocycles. The van der Waals surface area contributed by atoms with Crippen LogP contribution in [-0.2, 0) is 26.2 Å². The number of hydrogen-bond donors (Lipinski definition) is 1. The van der Waals surface area contributed by atoms with Gasteiger partial charge in [-0.05, 0) is 61.4 Å². The molecular formula is C27H28Cl2FN3O4S. The standard InChI is InChI=1S/C27H28Cl2FN3O4S/c1-4-25(27(35)31-3)32(16-19-7-9-20(30)10-8-19)26(34)17-33(21-11-14-23(28)24(29)15-21)38(36,37)22-12-5-18(2)6-13-22/h5-15,25H,4,16-17H2,1-3H3,(H,31,35)/t25-/m0/s1. The second-order valence-corrected chi connectivity index (χ2v) is 11.3. The van der Waals surface area contributed by atoms with Gasteiger partial charge in [-0.3, -0.25) is 13.9 Å². The molecule has 0 spiro atoms. The Kier molecular flexibility index (Phi) is 9.76. The summed E-state index contributed by atoms with van der Waals surface area (Å²) in [6.07, 6.45) is 0.268. The minimum absolute atomic E-state index is 0.0228. The van der Waals surface area contributed by atoms with Gasteiger partial charge in [0.2, 0.25) is 11.8 Å². The molecule has 0 radical (unpaired) electrons. The summed E-state index contributed by atoms with van der Waals surface area (Å²) < 4.78 is 42.0. The second kappa shape index (κ2) is 12.6. The highest BCUT2D eigenvalue weighted by molar-refractivity contribution is 7.92. The van der Waals surface area contributed by atoms with E-state index in [0.29, 0.717) is 5.56 Å². The third-order valence-electron chi connectivity index (χ3n) is 5.98. The van der Waals surface area contributed by atoms with E-state index in [-0.39, 0.29) is 33.6 Å². The van der Waals surface area contributed by atoms with E-state index >= 15 is 0 Å². The van der Waals surface area contributed by atoms with Gasteiger partial charge in [-0.1, -0.05) is 60.0 Å². The van der Waals surface area contributed by atoms with Crippen LogP contribution in [0.3, 0.4) is 0 Å². The normalized spacial score (nSPS) is 12.1. The predicted octanol–water partition coefficient (Wildman–Crippen LogP) is 5.19. The van der Waals surface area contributed by atoms with Gasteiger partial charge in [0.1, 0.15) is 18.4 Å². The molecule has 3 aromatic rings. The van der Waals surface area contributed by atoms with E-state index in [1.54, 1.807) is 19.1 Å². The maximum absolute atomic E-state index is 13.8. The van der Waals surface area contributed by atoms with Gasteiger partial charge in [0, 0.05) is 13.6 Å². The first-order valence-corrected chi connectivity index (χ1v) is 14.0. The molecule has 3 rings (SSSR count). The number of aryl methyl sites for hydroxylation is 1. The molecule has 0 saturated carbocycles. The third kappa shape index (κ3) is 6.83. The predicted molar refractivity (Wildman–Crippen MR) is 147 cm³/mol. The number of sulfonamides is 1. The Hall–Kier alpha value is -3.14. The van der Waals surface area contributed by atoms with E-state index in [2.05, 4.69) is 5.32 Å². The highest BCUT2D eigenvalue weighted by atomic mass is 35.5. The summed E-state index contributed by atoms with van der Waals surface area (Å²) in [6.45, 7) is 2.91. The van der Waals surface area contributed by atoms with Gasteiger partial charge in [-0.2, -0.15) is 0 Å². The fourth-order valence-electron chi connectivity index (χ4n) is 3.88. The maximum Gasteiger partial charge on any atom is 0.264 e. The van der Waals surface area contributed by atoms with E-state index in [1.165, 1.54) is 66.5 Å². The molecule has 38 heavy (non-hydrogen) atoms. The highest BCUT2D eigenvalue weighted by Gasteiger charge is 2.33. The lowest BCUT2D eigenvalue weighted by molar-refractivity contribution is -0.140. The van der Waals surface area contributed by atoms with Crippen molar-refractivity contribution in [2.45, 2.75) is 37.8 Å². The molecule has 0 saturated heterocycles. The summed E-state index contributed by atoms with van der Waals surface area (Å²) in [5.41, 5.74) is 1.57. The first kappa shape index (κ1) is 29.4. The smallest absolute Gasteiger partial charge is 0.264 e. The van der Waals surface area contributed by atoms with E-state index in [1.807, 2.05) is 6.92 Å². The van der Waals surface area contributed by atoms with Gasteiger partial charge < -0.3 is 10.2 Å². The zero-order chi connectivity index (χ0) is 28.0. The number of anilines is 1. The van der Waals surface area contributed by atoms with Crippen molar-refractivity contribution in [3.05, 3.63) is 93.7 Å². The number of halogens is 3. The van der Waals surface area contributed by atoms with E-state index in [4.69, 9.17) is 23.2 Å². The van der Waals surface area contributed by atoms with Gasteiger partial charge in [0.25, 0.3) is 10.0 Å². The molecule has 2 amide bonds. The zero-order valence-corrected chi connectivity index (χ0v) is 23.4. The van der Waals surface area contributed by atoms with Gasteiger partial charge in [0.05, 0.1) is 20.6 Å². The lowest BCUT2D eigenvalue weighted by Gasteiger charge is -2.33. The summed E-state index contributed by atoms with van der Waals surface area (Å²) in [5, 5.41) is 2.88. The molecular weight excluding hydrogens is 552 g/mol. The van der Waals surface area contributed by atoms with Crippen molar-refractivity contribution >= 4 is 50.7 Å². The van der Waals surface area contributed by atoms with Crippen LogP contribution >= 0.6 is 23.2 Å². The number of likely N-dealkylation sites (N-methyl/N-ethyl adjacent to an activating group) is 1. The Labute approximate surface area is 232 Å². The maximum atomic E-state index is 13.8. The van der Waals surface area contributed by atoms with Crippen LogP contribution in [0.15, 0.2) is 71.6 Å². The van der Waals surface area contributed by atoms with Crippen LogP contribution in [0.2, 0.25) is 10.0 Å². The Morgan fingerprint density at radius 2 is 1.61 bits per heavy atom. The van der Waals surface area contributed by atoms with Crippen LogP contribution in [0.4, 0.5) is 10.1 Å². The molecule has 0 aromatic heterocycles. The number of amides is 2. The molecule has 1 N–H and O–H groups in total. The molecule has 0 aliphatic rings. The average Bonchev–Trinajstić information content (AvgIpc) is 2.89. The monoisotopic (exact) mass is 579 g/mol. The van der Waals surface area contributed by atoms with Crippen LogP contribution in [0.5, 0.6) is 0 Å². The number of nitrogens with one attached hydrogen (secondary N) is 1. The van der Waals surface area contributed by atoms with Crippen molar-refractivity contribution in [3.8, 4) is 0 Å². The van der Waals surface area contributed by atoms with Gasteiger partial charge in [-0.25, -0.2) is 12.8 Å². The van der Waals surface area contributed by atoms with Crippen molar-refractivity contribution in [1.29, 1.82) is 0 Å². The van der Waals surface area contributed by atoms with Crippen LogP contribution in [0, 0.1) is 12.7 Å². The summed E-state index contributed by atoms with van der Waals surface area (Å²) >= 11 is 12.3. The molecule has 11 heteroatoms. The Morgan fingerprint density at radius 3 is 2.16 bits per heavy atom. The van der Waals surface area contributed by atoms with Crippen LogP contribution in [0.25, 0.3) is 0 Å². The first-order valence-electron chi connectivity index (χ1n) is 11.8. The Balaban J connectivity index is 2.08. The first-order chi connectivity index (χ1) is 18.0. The highest BCUT2D eigenvalue weighted by Crippen LogP contribution is 2.31. The van der Waals surface area contributed by atoms with Crippen molar-refractivity contribution in [1.82, 2.24) is 10.2 Å². The van der Waals surface area contributed by atoms with Crippen molar-refractivity contribution in [3.63, 3.8) is 0 Å². The molecule has 0 unspecified atom stereocenters. The molecule has 202 valence electrons. The van der Waals surface area contributed by atoms with Crippen LogP contribution in [-0.4, -0.2) is 44.8 Å². The molecule has 7 nitrogen and oxygen atoms in total.